The minimum atomic E-state index is -0.759. The normalized spacial score (nSPS) is 20.4. The zero-order valence-corrected chi connectivity index (χ0v) is 43.2. The number of nitrogens with zero attached hydrogens (tertiary/aromatic N) is 6. The third-order valence-electron chi connectivity index (χ3n) is 16.1. The first-order valence-corrected chi connectivity index (χ1v) is 27.0. The van der Waals surface area contributed by atoms with Crippen molar-refractivity contribution in [2.24, 2.45) is 11.3 Å². The van der Waals surface area contributed by atoms with E-state index in [1.807, 2.05) is 42.7 Å². The fourth-order valence-corrected chi connectivity index (χ4v) is 11.8. The fourth-order valence-electron chi connectivity index (χ4n) is 11.8. The number of piperidine rings is 3. The van der Waals surface area contributed by atoms with Crippen molar-refractivity contribution in [3.8, 4) is 0 Å². The highest BCUT2D eigenvalue weighted by Gasteiger charge is 2.38. The highest BCUT2D eigenvalue weighted by Crippen LogP contribution is 2.34. The molecule has 0 unspecified atom stereocenters. The van der Waals surface area contributed by atoms with Gasteiger partial charge in [-0.15, -0.1) is 0 Å². The maximum Gasteiger partial charge on any atom is 0.272 e. The van der Waals surface area contributed by atoms with Crippen molar-refractivity contribution >= 4 is 40.3 Å². The molecule has 1 aromatic heterocycles. The Morgan fingerprint density at radius 3 is 2.09 bits per heavy atom. The standard InChI is InChI=1S/C57H72F2N8O7/c1-57(2,3)56(73)67-24-10-13-39(35-67)42-16-9-17-45(50(42)59)52(69)60-51(38-11-5-4-6-12-38)55(72)65-27-22-41(23-28-65)74-40-20-25-63(26-21-40)36-49(68)64-29-31-66(32-30-64)54(71)46-33-37(18-19-47(46)58)34-48-43-14-7-8-15-44(43)53(70)62-61-48/h7-9,14-19,33,38-41,51H,4-6,10-13,20-32,34-36H2,1-3H3,(H,60,69)(H,62,70)/t39-,51-/m1/s1. The summed E-state index contributed by atoms with van der Waals surface area (Å²) in [5, 5.41) is 11.0. The lowest BCUT2D eigenvalue weighted by Crippen LogP contribution is -2.55. The second-order valence-electron chi connectivity index (χ2n) is 22.2. The molecular weight excluding hydrogens is 947 g/mol. The minimum absolute atomic E-state index is 0.00926. The average Bonchev–Trinajstić information content (AvgIpc) is 3.41. The summed E-state index contributed by atoms with van der Waals surface area (Å²) < 4.78 is 38.1. The molecule has 4 aromatic rings. The molecule has 15 nitrogen and oxygen atoms in total. The van der Waals surface area contributed by atoms with Crippen LogP contribution in [0.1, 0.15) is 135 Å². The van der Waals surface area contributed by atoms with Gasteiger partial charge in [-0.05, 0) is 92.7 Å². The Balaban J connectivity index is 0.717. The number of piperazine rings is 1. The van der Waals surface area contributed by atoms with Crippen LogP contribution in [-0.2, 0) is 25.5 Å². The first-order chi connectivity index (χ1) is 35.6. The molecule has 4 aliphatic heterocycles. The molecule has 2 atom stereocenters. The van der Waals surface area contributed by atoms with Gasteiger partial charge in [0.2, 0.25) is 17.7 Å². The number of ether oxygens (including phenoxy) is 1. The van der Waals surface area contributed by atoms with E-state index in [4.69, 9.17) is 4.74 Å². The van der Waals surface area contributed by atoms with Crippen LogP contribution in [0.4, 0.5) is 8.78 Å². The van der Waals surface area contributed by atoms with E-state index in [2.05, 4.69) is 20.4 Å². The predicted molar refractivity (Wildman–Crippen MR) is 276 cm³/mol. The van der Waals surface area contributed by atoms with Gasteiger partial charge in [0.05, 0.1) is 41.0 Å². The van der Waals surface area contributed by atoms with Crippen LogP contribution >= 0.6 is 0 Å². The quantitative estimate of drug-likeness (QED) is 0.157. The van der Waals surface area contributed by atoms with Crippen LogP contribution in [0.2, 0.25) is 0 Å². The number of aromatic amines is 1. The Morgan fingerprint density at radius 2 is 1.39 bits per heavy atom. The van der Waals surface area contributed by atoms with Crippen LogP contribution in [0, 0.1) is 23.0 Å². The second-order valence-corrected chi connectivity index (χ2v) is 22.2. The molecule has 5 fully saturated rings. The SMILES string of the molecule is CC(C)(C)C(=O)N1CCC[C@@H](c2cccc(C(=O)N[C@@H](C(=O)N3CCC(OC4CCN(CC(=O)N5CCN(C(=O)c6cc(Cc7n[nH]c(=O)c8ccccc78)ccc6F)CC5)CC4)CC3)C3CCCCC3)c2F)C1. The van der Waals surface area contributed by atoms with Crippen LogP contribution in [-0.4, -0.2) is 154 Å². The highest BCUT2D eigenvalue weighted by atomic mass is 19.1. The van der Waals surface area contributed by atoms with Gasteiger partial charge in [-0.3, -0.25) is 33.7 Å². The Morgan fingerprint density at radius 1 is 0.716 bits per heavy atom. The molecule has 4 saturated heterocycles. The molecule has 1 aliphatic carbocycles. The average molecular weight is 1020 g/mol. The maximum absolute atomic E-state index is 16.4. The molecule has 0 radical (unpaired) electrons. The van der Waals surface area contributed by atoms with Crippen molar-refractivity contribution in [1.82, 2.24) is 40.0 Å². The van der Waals surface area contributed by atoms with Gasteiger partial charge in [-0.25, -0.2) is 13.9 Å². The number of hydrogen-bond donors (Lipinski definition) is 2. The number of H-pyrrole nitrogens is 1. The molecule has 2 N–H and O–H groups in total. The lowest BCUT2D eigenvalue weighted by molar-refractivity contribution is -0.141. The van der Waals surface area contributed by atoms with Crippen LogP contribution in [0.25, 0.3) is 10.8 Å². The number of amides is 5. The third-order valence-corrected chi connectivity index (χ3v) is 16.1. The summed E-state index contributed by atoms with van der Waals surface area (Å²) in [6.07, 6.45) is 9.33. The highest BCUT2D eigenvalue weighted by molar-refractivity contribution is 5.98. The lowest BCUT2D eigenvalue weighted by Gasteiger charge is -2.40. The van der Waals surface area contributed by atoms with E-state index >= 15 is 8.78 Å². The van der Waals surface area contributed by atoms with E-state index in [0.717, 1.165) is 57.8 Å². The van der Waals surface area contributed by atoms with Crippen molar-refractivity contribution in [2.75, 3.05) is 72.0 Å². The van der Waals surface area contributed by atoms with E-state index in [1.54, 1.807) is 46.2 Å². The molecule has 17 heteroatoms. The predicted octanol–water partition coefficient (Wildman–Crippen LogP) is 6.68. The maximum atomic E-state index is 16.4. The first-order valence-electron chi connectivity index (χ1n) is 27.0. The monoisotopic (exact) mass is 1020 g/mol. The summed E-state index contributed by atoms with van der Waals surface area (Å²) in [6.45, 7) is 10.6. The Labute approximate surface area is 432 Å². The Bertz CT molecular complexity index is 2750. The molecule has 0 spiro atoms. The number of rotatable bonds is 12. The molecule has 396 valence electrons. The van der Waals surface area contributed by atoms with E-state index < -0.39 is 34.9 Å². The van der Waals surface area contributed by atoms with Gasteiger partial charge in [-0.1, -0.05) is 76.4 Å². The number of carbonyl (C=O) groups is 5. The molecule has 0 bridgehead atoms. The van der Waals surface area contributed by atoms with Crippen molar-refractivity contribution < 1.29 is 37.5 Å². The number of carbonyl (C=O) groups excluding carboxylic acids is 5. The third kappa shape index (κ3) is 12.2. The largest absolute Gasteiger partial charge is 0.375 e. The number of hydrogen-bond acceptors (Lipinski definition) is 9. The van der Waals surface area contributed by atoms with Gasteiger partial charge in [-0.2, -0.15) is 5.10 Å². The van der Waals surface area contributed by atoms with Crippen molar-refractivity contribution in [3.63, 3.8) is 0 Å². The van der Waals surface area contributed by atoms with Crippen molar-refractivity contribution in [2.45, 2.75) is 122 Å². The van der Waals surface area contributed by atoms with Gasteiger partial charge in [0.1, 0.15) is 17.7 Å². The van der Waals surface area contributed by atoms with Crippen LogP contribution in [0.15, 0.2) is 65.5 Å². The first kappa shape index (κ1) is 52.8. The number of halogens is 2. The van der Waals surface area contributed by atoms with Gasteiger partial charge in [0.15, 0.2) is 0 Å². The van der Waals surface area contributed by atoms with Crippen molar-refractivity contribution in [1.29, 1.82) is 0 Å². The molecule has 1 saturated carbocycles. The zero-order valence-electron chi connectivity index (χ0n) is 43.2. The van der Waals surface area contributed by atoms with Gasteiger partial charge < -0.3 is 29.7 Å². The Hall–Kier alpha value is -6.07. The lowest BCUT2D eigenvalue weighted by atomic mass is 9.82. The van der Waals surface area contributed by atoms with E-state index in [9.17, 15) is 28.8 Å². The van der Waals surface area contributed by atoms with Crippen molar-refractivity contribution in [3.05, 3.63) is 111 Å². The zero-order chi connectivity index (χ0) is 52.1. The minimum Gasteiger partial charge on any atom is -0.375 e. The van der Waals surface area contributed by atoms with Crippen LogP contribution in [0.5, 0.6) is 0 Å². The summed E-state index contributed by atoms with van der Waals surface area (Å²) >= 11 is 0. The fraction of sp³-hybridized carbons (Fsp3) is 0.561. The number of nitrogens with one attached hydrogen (secondary N) is 2. The van der Waals surface area contributed by atoms with Gasteiger partial charge in [0, 0.05) is 88.6 Å². The van der Waals surface area contributed by atoms with E-state index in [1.165, 1.54) is 12.1 Å². The molecule has 5 aliphatic rings. The van der Waals surface area contributed by atoms with E-state index in [0.29, 0.717) is 99.2 Å². The molecule has 74 heavy (non-hydrogen) atoms. The smallest absolute Gasteiger partial charge is 0.272 e. The summed E-state index contributed by atoms with van der Waals surface area (Å²) in [7, 11) is 0. The molecular formula is C57H72F2N8O7. The summed E-state index contributed by atoms with van der Waals surface area (Å²) in [4.78, 5) is 90.0. The summed E-state index contributed by atoms with van der Waals surface area (Å²) in [5.41, 5.74) is 0.775. The molecule has 5 heterocycles. The number of likely N-dealkylation sites (tertiary alicyclic amines) is 3. The van der Waals surface area contributed by atoms with Gasteiger partial charge >= 0.3 is 0 Å². The van der Waals surface area contributed by atoms with Crippen LogP contribution in [0.3, 0.4) is 0 Å². The van der Waals surface area contributed by atoms with Gasteiger partial charge in [0.25, 0.3) is 17.4 Å². The Kier molecular flexibility index (Phi) is 16.6. The van der Waals surface area contributed by atoms with Crippen LogP contribution < -0.4 is 10.9 Å². The topological polar surface area (TPSA) is 169 Å². The number of aromatic nitrogens is 2. The summed E-state index contributed by atoms with van der Waals surface area (Å²) in [6, 6.07) is 15.7. The summed E-state index contributed by atoms with van der Waals surface area (Å²) in [5.74, 6) is -2.59. The number of fused-ring (bicyclic) bond motifs is 1. The molecule has 9 rings (SSSR count). The molecule has 3 aromatic carbocycles. The second kappa shape index (κ2) is 23.2. The molecule has 5 amide bonds. The number of benzene rings is 3. The van der Waals surface area contributed by atoms with E-state index in [-0.39, 0.29) is 78.1 Å².